The van der Waals surface area contributed by atoms with Crippen LogP contribution in [0, 0.1) is 0 Å². The number of carbonyl (C=O) groups excluding carboxylic acids is 1. The topological polar surface area (TPSA) is 64.8 Å². The third-order valence-corrected chi connectivity index (χ3v) is 6.40. The molecular formula is C29H28N2O4. The highest BCUT2D eigenvalue weighted by molar-refractivity contribution is 5.76. The van der Waals surface area contributed by atoms with E-state index in [0.717, 1.165) is 53.4 Å². The van der Waals surface area contributed by atoms with Gasteiger partial charge in [-0.1, -0.05) is 72.8 Å². The summed E-state index contributed by atoms with van der Waals surface area (Å²) in [6.45, 7) is 4.41. The Bertz CT molecular complexity index is 1230. The second-order valence-corrected chi connectivity index (χ2v) is 8.76. The van der Waals surface area contributed by atoms with Crippen LogP contribution >= 0.6 is 0 Å². The monoisotopic (exact) mass is 468 g/mol. The van der Waals surface area contributed by atoms with Gasteiger partial charge in [0.05, 0.1) is 6.04 Å². The zero-order chi connectivity index (χ0) is 24.2. The molecule has 4 aromatic rings. The van der Waals surface area contributed by atoms with Crippen LogP contribution in [0.1, 0.15) is 50.2 Å². The predicted octanol–water partition coefficient (Wildman–Crippen LogP) is 6.76. The number of benzene rings is 3. The first kappa shape index (κ1) is 22.9. The summed E-state index contributed by atoms with van der Waals surface area (Å²) in [5, 5.41) is 0. The lowest BCUT2D eigenvalue weighted by Crippen LogP contribution is -2.27. The average molecular weight is 469 g/mol. The summed E-state index contributed by atoms with van der Waals surface area (Å²) in [6, 6.07) is 28.1. The fourth-order valence-corrected chi connectivity index (χ4v) is 4.70. The van der Waals surface area contributed by atoms with Gasteiger partial charge in [-0.2, -0.15) is 0 Å². The number of hydrogen-bond donors (Lipinski definition) is 0. The van der Waals surface area contributed by atoms with Crippen LogP contribution in [0.25, 0.3) is 22.6 Å². The number of oxazole rings is 1. The molecule has 2 heterocycles. The average Bonchev–Trinajstić information content (AvgIpc) is 3.56. The van der Waals surface area contributed by atoms with Gasteiger partial charge in [0.15, 0.2) is 11.5 Å². The molecule has 2 atom stereocenters. The highest BCUT2D eigenvalue weighted by Gasteiger charge is 2.35. The van der Waals surface area contributed by atoms with E-state index in [9.17, 15) is 4.79 Å². The van der Waals surface area contributed by atoms with E-state index >= 15 is 0 Å². The van der Waals surface area contributed by atoms with Crippen LogP contribution in [0.2, 0.25) is 0 Å². The fourth-order valence-electron chi connectivity index (χ4n) is 4.70. The van der Waals surface area contributed by atoms with E-state index in [0.29, 0.717) is 5.75 Å². The zero-order valence-electron chi connectivity index (χ0n) is 19.9. The van der Waals surface area contributed by atoms with Crippen molar-refractivity contribution >= 4 is 5.97 Å². The Balaban J connectivity index is 1.46. The van der Waals surface area contributed by atoms with Crippen molar-refractivity contribution in [2.75, 3.05) is 6.54 Å². The van der Waals surface area contributed by atoms with Gasteiger partial charge < -0.3 is 4.42 Å². The summed E-state index contributed by atoms with van der Waals surface area (Å²) in [5.41, 5.74) is 3.98. The van der Waals surface area contributed by atoms with Gasteiger partial charge in [-0.25, -0.2) is 9.78 Å². The Morgan fingerprint density at radius 1 is 1.00 bits per heavy atom. The maximum atomic E-state index is 11.1. The molecule has 0 amide bonds. The summed E-state index contributed by atoms with van der Waals surface area (Å²) in [4.78, 5) is 28.4. The quantitative estimate of drug-likeness (QED) is 0.220. The van der Waals surface area contributed by atoms with E-state index in [1.807, 2.05) is 48.5 Å². The second-order valence-electron chi connectivity index (χ2n) is 8.76. The maximum absolute atomic E-state index is 11.1. The molecule has 1 fully saturated rings. The minimum absolute atomic E-state index is 0.0583. The number of rotatable bonds is 7. The lowest BCUT2D eigenvalue weighted by molar-refractivity contribution is -0.210. The Labute approximate surface area is 205 Å². The SMILES string of the molecule is CC(=O)OOc1cccc(C(C)N2CCC[C@H]2c2nc(-c3ccccc3)c(-c3ccccc3)o2)c1. The highest BCUT2D eigenvalue weighted by atomic mass is 17.2. The molecule has 35 heavy (non-hydrogen) atoms. The first-order valence-electron chi connectivity index (χ1n) is 11.9. The van der Waals surface area contributed by atoms with Crippen molar-refractivity contribution in [1.82, 2.24) is 9.88 Å². The van der Waals surface area contributed by atoms with Gasteiger partial charge in [0.25, 0.3) is 0 Å². The van der Waals surface area contributed by atoms with Crippen molar-refractivity contribution in [3.8, 4) is 28.3 Å². The molecule has 0 bridgehead atoms. The van der Waals surface area contributed by atoms with Crippen LogP contribution < -0.4 is 4.89 Å². The molecule has 0 spiro atoms. The minimum Gasteiger partial charge on any atom is -0.438 e. The van der Waals surface area contributed by atoms with E-state index in [1.165, 1.54) is 6.92 Å². The van der Waals surface area contributed by atoms with E-state index in [1.54, 1.807) is 6.07 Å². The maximum Gasteiger partial charge on any atom is 0.352 e. The fraction of sp³-hybridized carbons (Fsp3) is 0.241. The van der Waals surface area contributed by atoms with Crippen molar-refractivity contribution in [2.45, 2.75) is 38.8 Å². The van der Waals surface area contributed by atoms with Crippen LogP contribution in [-0.4, -0.2) is 22.4 Å². The Kier molecular flexibility index (Phi) is 6.64. The van der Waals surface area contributed by atoms with E-state index in [-0.39, 0.29) is 12.1 Å². The van der Waals surface area contributed by atoms with Gasteiger partial charge >= 0.3 is 5.97 Å². The van der Waals surface area contributed by atoms with Crippen molar-refractivity contribution in [3.63, 3.8) is 0 Å². The molecule has 1 unspecified atom stereocenters. The molecule has 3 aromatic carbocycles. The zero-order valence-corrected chi connectivity index (χ0v) is 19.9. The van der Waals surface area contributed by atoms with Crippen LogP contribution in [0.5, 0.6) is 5.75 Å². The van der Waals surface area contributed by atoms with Crippen LogP contribution in [-0.2, 0) is 9.68 Å². The lowest BCUT2D eigenvalue weighted by Gasteiger charge is -2.29. The number of nitrogens with zero attached hydrogens (tertiary/aromatic N) is 2. The molecule has 0 aliphatic carbocycles. The molecule has 6 heteroatoms. The molecule has 0 radical (unpaired) electrons. The third-order valence-electron chi connectivity index (χ3n) is 6.40. The number of likely N-dealkylation sites (tertiary alicyclic amines) is 1. The van der Waals surface area contributed by atoms with Gasteiger partial charge in [0.1, 0.15) is 5.69 Å². The molecule has 1 aliphatic heterocycles. The molecule has 178 valence electrons. The number of aromatic nitrogens is 1. The van der Waals surface area contributed by atoms with Crippen LogP contribution in [0.15, 0.2) is 89.3 Å². The first-order valence-corrected chi connectivity index (χ1v) is 11.9. The molecular weight excluding hydrogens is 440 g/mol. The van der Waals surface area contributed by atoms with Gasteiger partial charge in [0, 0.05) is 24.1 Å². The normalized spacial score (nSPS) is 16.7. The standard InChI is InChI=1S/C29H28N2O4/c1-20(24-15-9-16-25(19-24)35-34-21(2)32)31-18-10-17-26(31)29-30-27(22-11-5-3-6-12-22)28(33-29)23-13-7-4-8-14-23/h3-9,11-16,19-20,26H,10,17-18H2,1-2H3/t20?,26-/m0/s1. The summed E-state index contributed by atoms with van der Waals surface area (Å²) < 4.78 is 6.51. The van der Waals surface area contributed by atoms with Crippen molar-refractivity contribution in [1.29, 1.82) is 0 Å². The third kappa shape index (κ3) is 4.98. The highest BCUT2D eigenvalue weighted by Crippen LogP contribution is 2.42. The molecule has 1 saturated heterocycles. The molecule has 1 aliphatic rings. The van der Waals surface area contributed by atoms with E-state index in [4.69, 9.17) is 19.2 Å². The Morgan fingerprint density at radius 3 is 2.43 bits per heavy atom. The molecule has 1 aromatic heterocycles. The number of carbonyl (C=O) groups is 1. The molecule has 6 nitrogen and oxygen atoms in total. The summed E-state index contributed by atoms with van der Waals surface area (Å²) in [7, 11) is 0. The largest absolute Gasteiger partial charge is 0.438 e. The Morgan fingerprint density at radius 2 is 1.71 bits per heavy atom. The van der Waals surface area contributed by atoms with E-state index in [2.05, 4.69) is 42.2 Å². The van der Waals surface area contributed by atoms with E-state index < -0.39 is 5.97 Å². The van der Waals surface area contributed by atoms with Crippen LogP contribution in [0.3, 0.4) is 0 Å². The second kappa shape index (κ2) is 10.2. The van der Waals surface area contributed by atoms with Gasteiger partial charge in [-0.05, 0) is 44.0 Å². The predicted molar refractivity (Wildman–Crippen MR) is 133 cm³/mol. The smallest absolute Gasteiger partial charge is 0.352 e. The van der Waals surface area contributed by atoms with Gasteiger partial charge in [0.2, 0.25) is 5.89 Å². The van der Waals surface area contributed by atoms with Crippen molar-refractivity contribution in [3.05, 3.63) is 96.4 Å². The van der Waals surface area contributed by atoms with Crippen molar-refractivity contribution in [2.24, 2.45) is 0 Å². The summed E-state index contributed by atoms with van der Waals surface area (Å²) in [6.07, 6.45) is 2.03. The molecule has 0 N–H and O–H groups in total. The Hall–Kier alpha value is -3.90. The minimum atomic E-state index is -0.490. The van der Waals surface area contributed by atoms with Gasteiger partial charge in [-0.15, -0.1) is 0 Å². The first-order chi connectivity index (χ1) is 17.1. The molecule has 0 saturated carbocycles. The number of hydrogen-bond acceptors (Lipinski definition) is 6. The van der Waals surface area contributed by atoms with Gasteiger partial charge in [-0.3, -0.25) is 14.7 Å². The van der Waals surface area contributed by atoms with Crippen molar-refractivity contribution < 1.29 is 19.0 Å². The molecule has 5 rings (SSSR count). The lowest BCUT2D eigenvalue weighted by atomic mass is 10.1. The summed E-state index contributed by atoms with van der Waals surface area (Å²) >= 11 is 0. The summed E-state index contributed by atoms with van der Waals surface area (Å²) in [5.74, 6) is 1.53. The van der Waals surface area contributed by atoms with Crippen LogP contribution in [0.4, 0.5) is 0 Å².